The number of amides is 1. The highest BCUT2D eigenvalue weighted by Crippen LogP contribution is 2.40. The summed E-state index contributed by atoms with van der Waals surface area (Å²) in [6.45, 7) is 7.62. The van der Waals surface area contributed by atoms with Crippen molar-refractivity contribution in [3.63, 3.8) is 0 Å². The van der Waals surface area contributed by atoms with Crippen LogP contribution in [0.5, 0.6) is 5.88 Å². The number of rotatable bonds is 8. The zero-order valence-electron chi connectivity index (χ0n) is 26.3. The monoisotopic (exact) mass is 637 g/mol. The summed E-state index contributed by atoms with van der Waals surface area (Å²) in [4.78, 5) is 16.5. The fourth-order valence-corrected chi connectivity index (χ4v) is 7.17. The number of ether oxygens (including phenoxy) is 2. The second kappa shape index (κ2) is 13.0. The molecule has 2 N–H and O–H groups in total. The van der Waals surface area contributed by atoms with E-state index in [-0.39, 0.29) is 28.8 Å². The Kier molecular flexibility index (Phi) is 8.88. The SMILES string of the molecule is CC(C)(C)c1ccc(S(=O)(=O)N(Cc2ccccc2)c2ccc3[nH]c(OC(=O)NC4CCOCC4)c(-c4ccccc4)c3c2)cc1. The van der Waals surface area contributed by atoms with Crippen LogP contribution < -0.4 is 14.4 Å². The third-order valence-electron chi connectivity index (χ3n) is 8.31. The molecule has 1 aliphatic rings. The molecule has 6 rings (SSSR count). The summed E-state index contributed by atoms with van der Waals surface area (Å²) in [5.41, 5.74) is 4.50. The van der Waals surface area contributed by atoms with Crippen LogP contribution in [0.2, 0.25) is 0 Å². The first-order chi connectivity index (χ1) is 22.1. The Bertz CT molecular complexity index is 1910. The molecule has 5 aromatic rings. The second-order valence-corrected chi connectivity index (χ2v) is 14.5. The van der Waals surface area contributed by atoms with Crippen LogP contribution in [-0.2, 0) is 26.7 Å². The summed E-state index contributed by atoms with van der Waals surface area (Å²) in [7, 11) is -3.97. The number of anilines is 1. The van der Waals surface area contributed by atoms with E-state index in [1.165, 1.54) is 4.31 Å². The molecule has 1 aromatic heterocycles. The molecule has 1 fully saturated rings. The first-order valence-corrected chi connectivity index (χ1v) is 17.0. The summed E-state index contributed by atoms with van der Waals surface area (Å²) in [5.74, 6) is 0.290. The summed E-state index contributed by atoms with van der Waals surface area (Å²) >= 11 is 0. The molecule has 0 aliphatic carbocycles. The molecule has 4 aromatic carbocycles. The van der Waals surface area contributed by atoms with Crippen LogP contribution in [0.3, 0.4) is 0 Å². The van der Waals surface area contributed by atoms with Crippen molar-refractivity contribution in [3.05, 3.63) is 114 Å². The fourth-order valence-electron chi connectivity index (χ4n) is 5.73. The maximum Gasteiger partial charge on any atom is 0.414 e. The van der Waals surface area contributed by atoms with Crippen molar-refractivity contribution >= 4 is 32.7 Å². The van der Waals surface area contributed by atoms with Crippen LogP contribution in [0, 0.1) is 0 Å². The number of carbonyl (C=O) groups is 1. The minimum atomic E-state index is -3.97. The molecule has 1 aliphatic heterocycles. The second-order valence-electron chi connectivity index (χ2n) is 12.6. The lowest BCUT2D eigenvalue weighted by Gasteiger charge is -2.26. The van der Waals surface area contributed by atoms with Crippen LogP contribution in [0.4, 0.5) is 10.5 Å². The Labute approximate surface area is 270 Å². The zero-order chi connectivity index (χ0) is 32.3. The molecular formula is C37H39N3O5S. The van der Waals surface area contributed by atoms with E-state index in [0.717, 1.165) is 34.9 Å². The van der Waals surface area contributed by atoms with Crippen LogP contribution >= 0.6 is 0 Å². The van der Waals surface area contributed by atoms with E-state index in [2.05, 4.69) is 31.1 Å². The highest BCUT2D eigenvalue weighted by molar-refractivity contribution is 7.92. The van der Waals surface area contributed by atoms with Crippen molar-refractivity contribution in [3.8, 4) is 17.0 Å². The van der Waals surface area contributed by atoms with Gasteiger partial charge in [0.25, 0.3) is 10.0 Å². The van der Waals surface area contributed by atoms with Gasteiger partial charge in [0.2, 0.25) is 5.88 Å². The van der Waals surface area contributed by atoms with Gasteiger partial charge in [0, 0.05) is 30.2 Å². The van der Waals surface area contributed by atoms with Crippen molar-refractivity contribution in [1.29, 1.82) is 0 Å². The van der Waals surface area contributed by atoms with Crippen molar-refractivity contribution in [2.45, 2.75) is 56.5 Å². The van der Waals surface area contributed by atoms with Crippen molar-refractivity contribution in [2.75, 3.05) is 17.5 Å². The quantitative estimate of drug-likeness (QED) is 0.181. The fraction of sp³-hybridized carbons (Fsp3) is 0.270. The van der Waals surface area contributed by atoms with Gasteiger partial charge in [0.15, 0.2) is 0 Å². The molecule has 1 saturated heterocycles. The average molecular weight is 638 g/mol. The minimum Gasteiger partial charge on any atom is -0.393 e. The number of fused-ring (bicyclic) bond motifs is 1. The number of sulfonamides is 1. The molecule has 0 unspecified atom stereocenters. The number of aromatic nitrogens is 1. The Morgan fingerprint density at radius 2 is 1.57 bits per heavy atom. The molecule has 0 bridgehead atoms. The third kappa shape index (κ3) is 6.80. The molecular weight excluding hydrogens is 598 g/mol. The maximum atomic E-state index is 14.4. The number of nitrogens with zero attached hydrogens (tertiary/aromatic N) is 1. The van der Waals surface area contributed by atoms with Gasteiger partial charge in [-0.1, -0.05) is 93.6 Å². The lowest BCUT2D eigenvalue weighted by molar-refractivity contribution is 0.0777. The first-order valence-electron chi connectivity index (χ1n) is 15.5. The van der Waals surface area contributed by atoms with E-state index in [9.17, 15) is 13.2 Å². The van der Waals surface area contributed by atoms with E-state index in [1.807, 2.05) is 84.9 Å². The van der Waals surface area contributed by atoms with Crippen LogP contribution in [0.25, 0.3) is 22.0 Å². The number of aromatic amines is 1. The first kappa shape index (κ1) is 31.4. The normalized spacial score (nSPS) is 14.2. The van der Waals surface area contributed by atoms with Crippen molar-refractivity contribution in [2.24, 2.45) is 0 Å². The Morgan fingerprint density at radius 3 is 2.22 bits per heavy atom. The molecule has 0 atom stereocenters. The minimum absolute atomic E-state index is 0.0216. The average Bonchev–Trinajstić information content (AvgIpc) is 3.41. The van der Waals surface area contributed by atoms with Gasteiger partial charge in [-0.2, -0.15) is 0 Å². The number of hydrogen-bond donors (Lipinski definition) is 2. The zero-order valence-corrected chi connectivity index (χ0v) is 27.1. The molecule has 238 valence electrons. The molecule has 0 spiro atoms. The van der Waals surface area contributed by atoms with Gasteiger partial charge in [-0.05, 0) is 65.3 Å². The van der Waals surface area contributed by atoms with E-state index < -0.39 is 16.1 Å². The van der Waals surface area contributed by atoms with E-state index in [0.29, 0.717) is 30.0 Å². The molecule has 46 heavy (non-hydrogen) atoms. The van der Waals surface area contributed by atoms with Gasteiger partial charge in [-0.15, -0.1) is 0 Å². The topological polar surface area (TPSA) is 101 Å². The summed E-state index contributed by atoms with van der Waals surface area (Å²) in [6.07, 6.45) is 0.894. The van der Waals surface area contributed by atoms with E-state index in [4.69, 9.17) is 9.47 Å². The number of carbonyl (C=O) groups excluding carboxylic acids is 1. The van der Waals surface area contributed by atoms with Gasteiger partial charge in [0.05, 0.1) is 22.7 Å². The maximum absolute atomic E-state index is 14.4. The van der Waals surface area contributed by atoms with Gasteiger partial charge in [-0.3, -0.25) is 4.31 Å². The molecule has 0 radical (unpaired) electrons. The van der Waals surface area contributed by atoms with Crippen LogP contribution in [0.15, 0.2) is 108 Å². The standard InChI is InChI=1S/C37H39N3O5S/c1-37(2,3)28-14-17-31(18-15-28)46(42,43)40(25-26-10-6-4-7-11-26)30-16-19-33-32(24-30)34(27-12-8-5-9-13-27)35(39-33)45-36(41)38-29-20-22-44-23-21-29/h4-19,24,29,39H,20-23,25H2,1-3H3,(H,38,41). The van der Waals surface area contributed by atoms with Crippen LogP contribution in [-0.4, -0.2) is 38.8 Å². The number of benzene rings is 4. The number of hydrogen-bond acceptors (Lipinski definition) is 5. The van der Waals surface area contributed by atoms with Crippen molar-refractivity contribution in [1.82, 2.24) is 10.3 Å². The predicted octanol–water partition coefficient (Wildman–Crippen LogP) is 7.80. The molecule has 1 amide bonds. The number of H-pyrrole nitrogens is 1. The van der Waals surface area contributed by atoms with Gasteiger partial charge in [0.1, 0.15) is 0 Å². The Balaban J connectivity index is 1.43. The highest BCUT2D eigenvalue weighted by atomic mass is 32.2. The Morgan fingerprint density at radius 1 is 0.913 bits per heavy atom. The van der Waals surface area contributed by atoms with Crippen LogP contribution in [0.1, 0.15) is 44.7 Å². The Hall–Kier alpha value is -4.60. The summed E-state index contributed by atoms with van der Waals surface area (Å²) in [6, 6.07) is 31.7. The third-order valence-corrected chi connectivity index (χ3v) is 10.1. The molecule has 0 saturated carbocycles. The van der Waals surface area contributed by atoms with E-state index in [1.54, 1.807) is 18.2 Å². The van der Waals surface area contributed by atoms with E-state index >= 15 is 0 Å². The molecule has 2 heterocycles. The smallest absolute Gasteiger partial charge is 0.393 e. The number of nitrogens with one attached hydrogen (secondary N) is 2. The summed E-state index contributed by atoms with van der Waals surface area (Å²) < 4.78 is 41.5. The molecule has 9 heteroatoms. The summed E-state index contributed by atoms with van der Waals surface area (Å²) in [5, 5.41) is 3.68. The molecule has 8 nitrogen and oxygen atoms in total. The highest BCUT2D eigenvalue weighted by Gasteiger charge is 2.28. The van der Waals surface area contributed by atoms with Gasteiger partial charge < -0.3 is 19.8 Å². The predicted molar refractivity (Wildman–Crippen MR) is 182 cm³/mol. The van der Waals surface area contributed by atoms with Crippen molar-refractivity contribution < 1.29 is 22.7 Å². The lowest BCUT2D eigenvalue weighted by atomic mass is 9.87. The van der Waals surface area contributed by atoms with Gasteiger partial charge in [-0.25, -0.2) is 13.2 Å². The largest absolute Gasteiger partial charge is 0.414 e. The lowest BCUT2D eigenvalue weighted by Crippen LogP contribution is -2.40. The van der Waals surface area contributed by atoms with Gasteiger partial charge >= 0.3 is 6.09 Å².